The van der Waals surface area contributed by atoms with E-state index in [1.165, 1.54) is 24.3 Å². The van der Waals surface area contributed by atoms with Gasteiger partial charge in [0.25, 0.3) is 0 Å². The topological polar surface area (TPSA) is 53.8 Å². The minimum Gasteiger partial charge on any atom is -0.387 e. The summed E-state index contributed by atoms with van der Waals surface area (Å²) in [6, 6.07) is 11.6. The van der Waals surface area contributed by atoms with Crippen LogP contribution in [0, 0.1) is 11.6 Å². The van der Waals surface area contributed by atoms with Gasteiger partial charge in [-0.05, 0) is 35.4 Å². The van der Waals surface area contributed by atoms with Crippen molar-refractivity contribution in [3.8, 4) is 0 Å². The van der Waals surface area contributed by atoms with Crippen molar-refractivity contribution < 1.29 is 18.8 Å². The first-order chi connectivity index (χ1) is 11.2. The molecule has 2 aromatic rings. The van der Waals surface area contributed by atoms with E-state index in [0.29, 0.717) is 12.8 Å². The van der Waals surface area contributed by atoms with Crippen LogP contribution in [0.1, 0.15) is 36.1 Å². The van der Waals surface area contributed by atoms with Crippen LogP contribution in [0.15, 0.2) is 53.7 Å². The van der Waals surface area contributed by atoms with Gasteiger partial charge in [0.2, 0.25) is 0 Å². The molecule has 2 aromatic carbocycles. The summed E-state index contributed by atoms with van der Waals surface area (Å²) in [5, 5.41) is 13.4. The van der Waals surface area contributed by atoms with Crippen LogP contribution in [0.5, 0.6) is 0 Å². The van der Waals surface area contributed by atoms with Gasteiger partial charge in [-0.25, -0.2) is 8.78 Å². The molecule has 0 aliphatic carbocycles. The molecular formula is C17H16F2N2O2. The lowest BCUT2D eigenvalue weighted by Gasteiger charge is -2.15. The summed E-state index contributed by atoms with van der Waals surface area (Å²) in [7, 11) is 0. The molecule has 1 aliphatic rings. The van der Waals surface area contributed by atoms with Gasteiger partial charge in [0.1, 0.15) is 11.6 Å². The highest BCUT2D eigenvalue weighted by atomic mass is 19.1. The number of hydrogen-bond acceptors (Lipinski definition) is 4. The van der Waals surface area contributed by atoms with E-state index in [0.717, 1.165) is 16.8 Å². The predicted molar refractivity (Wildman–Crippen MR) is 81.0 cm³/mol. The van der Waals surface area contributed by atoms with Gasteiger partial charge in [-0.1, -0.05) is 29.4 Å². The van der Waals surface area contributed by atoms with E-state index in [-0.39, 0.29) is 17.7 Å². The van der Waals surface area contributed by atoms with Gasteiger partial charge in [-0.2, -0.15) is 5.48 Å². The molecule has 0 aromatic heterocycles. The van der Waals surface area contributed by atoms with Gasteiger partial charge in [-0.15, -0.1) is 0 Å². The first-order valence-electron chi connectivity index (χ1n) is 7.28. The molecule has 23 heavy (non-hydrogen) atoms. The summed E-state index contributed by atoms with van der Waals surface area (Å²) in [5.74, 6) is -0.628. The van der Waals surface area contributed by atoms with E-state index in [1.54, 1.807) is 24.3 Å². The van der Waals surface area contributed by atoms with Crippen molar-refractivity contribution in [1.82, 2.24) is 5.48 Å². The Bertz CT molecular complexity index is 687. The van der Waals surface area contributed by atoms with Gasteiger partial charge >= 0.3 is 0 Å². The van der Waals surface area contributed by atoms with Crippen LogP contribution in [0.4, 0.5) is 8.78 Å². The standard InChI is InChI=1S/C17H16F2N2O2/c18-13-5-1-11(2-6-13)16(20-22)9-15-10-17(23-21-15)12-3-7-14(19)8-4-12/h1-8,16-17,20,22H,9-10H2. The van der Waals surface area contributed by atoms with Crippen LogP contribution in [0.2, 0.25) is 0 Å². The maximum atomic E-state index is 13.0. The van der Waals surface area contributed by atoms with Gasteiger partial charge in [0, 0.05) is 12.8 Å². The molecule has 1 heterocycles. The summed E-state index contributed by atoms with van der Waals surface area (Å²) in [6.45, 7) is 0. The minimum absolute atomic E-state index is 0.252. The fourth-order valence-corrected chi connectivity index (χ4v) is 2.57. The quantitative estimate of drug-likeness (QED) is 0.822. The molecule has 0 radical (unpaired) electrons. The zero-order chi connectivity index (χ0) is 16.2. The van der Waals surface area contributed by atoms with Crippen LogP contribution < -0.4 is 5.48 Å². The third kappa shape index (κ3) is 3.72. The van der Waals surface area contributed by atoms with E-state index < -0.39 is 6.04 Å². The molecule has 1 aliphatic heterocycles. The smallest absolute Gasteiger partial charge is 0.157 e. The Labute approximate surface area is 132 Å². The van der Waals surface area contributed by atoms with Gasteiger partial charge < -0.3 is 10.0 Å². The molecule has 0 amide bonds. The van der Waals surface area contributed by atoms with Crippen molar-refractivity contribution in [2.24, 2.45) is 5.16 Å². The number of benzene rings is 2. The second kappa shape index (κ2) is 6.85. The fraction of sp³-hybridized carbons (Fsp3) is 0.235. The Morgan fingerprint density at radius 2 is 1.70 bits per heavy atom. The highest BCUT2D eigenvalue weighted by Crippen LogP contribution is 2.30. The normalized spacial score (nSPS) is 18.4. The van der Waals surface area contributed by atoms with E-state index in [2.05, 4.69) is 10.6 Å². The van der Waals surface area contributed by atoms with Crippen molar-refractivity contribution in [3.63, 3.8) is 0 Å². The maximum Gasteiger partial charge on any atom is 0.157 e. The molecule has 2 unspecified atom stereocenters. The third-order valence-corrected chi connectivity index (χ3v) is 3.84. The highest BCUT2D eigenvalue weighted by molar-refractivity contribution is 5.86. The Balaban J connectivity index is 1.64. The van der Waals surface area contributed by atoms with Crippen molar-refractivity contribution in [3.05, 3.63) is 71.3 Å². The van der Waals surface area contributed by atoms with Crippen molar-refractivity contribution in [2.45, 2.75) is 25.0 Å². The van der Waals surface area contributed by atoms with Crippen LogP contribution in [0.25, 0.3) is 0 Å². The van der Waals surface area contributed by atoms with Gasteiger partial charge in [0.15, 0.2) is 6.10 Å². The highest BCUT2D eigenvalue weighted by Gasteiger charge is 2.25. The lowest BCUT2D eigenvalue weighted by molar-refractivity contribution is 0.0856. The van der Waals surface area contributed by atoms with E-state index in [1.807, 2.05) is 0 Å². The molecular weight excluding hydrogens is 302 g/mol. The monoisotopic (exact) mass is 318 g/mol. The van der Waals surface area contributed by atoms with Crippen LogP contribution in [-0.2, 0) is 4.84 Å². The molecule has 4 nitrogen and oxygen atoms in total. The summed E-state index contributed by atoms with van der Waals surface area (Å²) in [4.78, 5) is 5.39. The number of oxime groups is 1. The number of nitrogens with one attached hydrogen (secondary N) is 1. The lowest BCUT2D eigenvalue weighted by atomic mass is 9.97. The Morgan fingerprint density at radius 1 is 1.09 bits per heavy atom. The maximum absolute atomic E-state index is 13.0. The van der Waals surface area contributed by atoms with Gasteiger partial charge in [0.05, 0.1) is 11.8 Å². The molecule has 120 valence electrons. The van der Waals surface area contributed by atoms with E-state index in [9.17, 15) is 14.0 Å². The zero-order valence-corrected chi connectivity index (χ0v) is 12.2. The predicted octanol–water partition coefficient (Wildman–Crippen LogP) is 3.89. The third-order valence-electron chi connectivity index (χ3n) is 3.84. The van der Waals surface area contributed by atoms with Crippen molar-refractivity contribution in [2.75, 3.05) is 0 Å². The molecule has 0 bridgehead atoms. The molecule has 2 N–H and O–H groups in total. The molecule has 3 rings (SSSR count). The number of hydrogen-bond donors (Lipinski definition) is 2. The van der Waals surface area contributed by atoms with E-state index >= 15 is 0 Å². The van der Waals surface area contributed by atoms with Gasteiger partial charge in [-0.3, -0.25) is 0 Å². The molecule has 0 fully saturated rings. The number of rotatable bonds is 5. The average molecular weight is 318 g/mol. The molecule has 6 heteroatoms. The first kappa shape index (κ1) is 15.6. The van der Waals surface area contributed by atoms with Crippen LogP contribution >= 0.6 is 0 Å². The SMILES string of the molecule is ONC(CC1=NOC(c2ccc(F)cc2)C1)c1ccc(F)cc1. The summed E-state index contributed by atoms with van der Waals surface area (Å²) in [5.41, 5.74) is 4.59. The Hall–Kier alpha value is -2.31. The van der Waals surface area contributed by atoms with Crippen LogP contribution in [-0.4, -0.2) is 10.9 Å². The summed E-state index contributed by atoms with van der Waals surface area (Å²) in [6.07, 6.45) is 0.739. The van der Waals surface area contributed by atoms with Crippen LogP contribution in [0.3, 0.4) is 0 Å². The van der Waals surface area contributed by atoms with Crippen molar-refractivity contribution >= 4 is 5.71 Å². The summed E-state index contributed by atoms with van der Waals surface area (Å²) >= 11 is 0. The molecule has 0 saturated carbocycles. The summed E-state index contributed by atoms with van der Waals surface area (Å²) < 4.78 is 25.9. The Kier molecular flexibility index (Phi) is 4.64. The number of nitrogens with zero attached hydrogens (tertiary/aromatic N) is 1. The minimum atomic E-state index is -0.398. The zero-order valence-electron chi connectivity index (χ0n) is 12.2. The molecule has 0 spiro atoms. The van der Waals surface area contributed by atoms with E-state index in [4.69, 9.17) is 4.84 Å². The number of hydroxylamine groups is 1. The molecule has 0 saturated heterocycles. The lowest BCUT2D eigenvalue weighted by Crippen LogP contribution is -2.20. The fourth-order valence-electron chi connectivity index (χ4n) is 2.57. The number of halogens is 2. The molecule has 2 atom stereocenters. The second-order valence-electron chi connectivity index (χ2n) is 5.44. The van der Waals surface area contributed by atoms with Crippen molar-refractivity contribution in [1.29, 1.82) is 0 Å². The first-order valence-corrected chi connectivity index (χ1v) is 7.28. The Morgan fingerprint density at radius 3 is 2.30 bits per heavy atom. The largest absolute Gasteiger partial charge is 0.387 e. The second-order valence-corrected chi connectivity index (χ2v) is 5.44. The average Bonchev–Trinajstić information content (AvgIpc) is 3.03.